The van der Waals surface area contributed by atoms with Gasteiger partial charge in [0.2, 0.25) is 15.9 Å². The molecule has 0 saturated heterocycles. The third kappa shape index (κ3) is 9.99. The lowest BCUT2D eigenvalue weighted by atomic mass is 9.46. The minimum absolute atomic E-state index is 0.00475. The molecule has 2 amide bonds. The second-order valence-electron chi connectivity index (χ2n) is 19.5. The summed E-state index contributed by atoms with van der Waals surface area (Å²) in [6.45, 7) is 17.8. The van der Waals surface area contributed by atoms with Crippen molar-refractivity contribution < 1.29 is 27.7 Å². The molecule has 1 aromatic carbocycles. The van der Waals surface area contributed by atoms with Gasteiger partial charge < -0.3 is 15.4 Å². The molecule has 8 atom stereocenters. The number of nitrogens with zero attached hydrogens (tertiary/aromatic N) is 1. The molecule has 3 unspecified atom stereocenters. The maximum atomic E-state index is 13.5. The van der Waals surface area contributed by atoms with Crippen LogP contribution >= 0.6 is 0 Å². The van der Waals surface area contributed by atoms with E-state index in [0.29, 0.717) is 22.8 Å². The number of fused-ring (bicyclic) bond motifs is 5. The average molecular weight is 799 g/mol. The van der Waals surface area contributed by atoms with Gasteiger partial charge in [-0.15, -0.1) is 0 Å². The highest BCUT2D eigenvalue weighted by atomic mass is 32.2. The number of nitro benzene ring substituents is 1. The van der Waals surface area contributed by atoms with Gasteiger partial charge in [0.15, 0.2) is 4.90 Å². The second-order valence-corrected chi connectivity index (χ2v) is 21.2. The van der Waals surface area contributed by atoms with Crippen LogP contribution in [0.25, 0.3) is 0 Å². The summed E-state index contributed by atoms with van der Waals surface area (Å²) >= 11 is 0. The highest BCUT2D eigenvalue weighted by molar-refractivity contribution is 7.89. The minimum atomic E-state index is -4.20. The Morgan fingerprint density at radius 2 is 1.71 bits per heavy atom. The zero-order valence-corrected chi connectivity index (χ0v) is 36.2. The molecular formula is C44H70N4O7S. The maximum absolute atomic E-state index is 13.5. The van der Waals surface area contributed by atoms with Crippen LogP contribution in [0.1, 0.15) is 150 Å². The zero-order chi connectivity index (χ0) is 41.1. The third-order valence-corrected chi connectivity index (χ3v) is 15.7. The number of rotatable bonds is 16. The summed E-state index contributed by atoms with van der Waals surface area (Å²) in [4.78, 5) is 35.7. The number of nitro groups is 1. The lowest BCUT2D eigenvalue weighted by Gasteiger charge is -2.58. The lowest BCUT2D eigenvalue weighted by molar-refractivity contribution is -0.388. The van der Waals surface area contributed by atoms with Gasteiger partial charge in [-0.05, 0) is 137 Å². The second kappa shape index (κ2) is 17.9. The molecular weight excluding hydrogens is 729 g/mol. The third-order valence-electron chi connectivity index (χ3n) is 14.2. The maximum Gasteiger partial charge on any atom is 0.407 e. The van der Waals surface area contributed by atoms with Crippen LogP contribution < -0.4 is 15.4 Å². The predicted octanol–water partition coefficient (Wildman–Crippen LogP) is 9.42. The van der Waals surface area contributed by atoms with Gasteiger partial charge in [0, 0.05) is 31.6 Å². The molecule has 3 N–H and O–H groups in total. The monoisotopic (exact) mass is 798 g/mol. The van der Waals surface area contributed by atoms with E-state index in [1.54, 1.807) is 32.9 Å². The van der Waals surface area contributed by atoms with Gasteiger partial charge in [0.25, 0.3) is 5.69 Å². The van der Waals surface area contributed by atoms with Crippen LogP contribution in [0.3, 0.4) is 0 Å². The van der Waals surface area contributed by atoms with Gasteiger partial charge in [-0.2, -0.15) is 0 Å². The summed E-state index contributed by atoms with van der Waals surface area (Å²) < 4.78 is 34.7. The van der Waals surface area contributed by atoms with Crippen LogP contribution in [0.15, 0.2) is 34.7 Å². The summed E-state index contributed by atoms with van der Waals surface area (Å²) in [5, 5.41) is 17.9. The van der Waals surface area contributed by atoms with Crippen LogP contribution in [-0.4, -0.2) is 50.6 Å². The molecule has 314 valence electrons. The van der Waals surface area contributed by atoms with Crippen molar-refractivity contribution in [2.45, 2.75) is 155 Å². The molecule has 4 aliphatic carbocycles. The lowest BCUT2D eigenvalue weighted by Crippen LogP contribution is -2.50. The molecule has 11 nitrogen and oxygen atoms in total. The van der Waals surface area contributed by atoms with Gasteiger partial charge >= 0.3 is 6.09 Å². The molecule has 0 aliphatic heterocycles. The van der Waals surface area contributed by atoms with Crippen molar-refractivity contribution >= 4 is 27.7 Å². The Labute approximate surface area is 336 Å². The predicted molar refractivity (Wildman–Crippen MR) is 221 cm³/mol. The summed E-state index contributed by atoms with van der Waals surface area (Å²) in [6.07, 6.45) is 15.0. The Hall–Kier alpha value is -2.99. The molecule has 12 heteroatoms. The van der Waals surface area contributed by atoms with E-state index in [1.807, 2.05) is 0 Å². The fourth-order valence-corrected chi connectivity index (χ4v) is 12.8. The van der Waals surface area contributed by atoms with Crippen molar-refractivity contribution in [2.75, 3.05) is 19.6 Å². The molecule has 3 saturated carbocycles. The zero-order valence-electron chi connectivity index (χ0n) is 35.4. The number of alkyl carbamates (subject to hydrolysis) is 1. The molecule has 3 fully saturated rings. The van der Waals surface area contributed by atoms with E-state index in [1.165, 1.54) is 56.6 Å². The van der Waals surface area contributed by atoms with E-state index in [4.69, 9.17) is 4.74 Å². The van der Waals surface area contributed by atoms with Crippen LogP contribution in [0, 0.1) is 56.5 Å². The number of hydrogen-bond acceptors (Lipinski definition) is 7. The first-order valence-electron chi connectivity index (χ1n) is 21.5. The van der Waals surface area contributed by atoms with Gasteiger partial charge in [-0.25, -0.2) is 17.9 Å². The van der Waals surface area contributed by atoms with Crippen molar-refractivity contribution in [1.29, 1.82) is 0 Å². The standard InChI is InChI=1S/C44H70N4O7S/c1-29(2)12-9-13-30(3)35-18-19-36-34-17-16-32-28-31(20-23-43(32,7)37(34)21-24-44(35,36)8)33-14-10-15-38(40(33)48(51)52)56(53,54)47-26-11-25-45-39(49)22-27-46-41(50)55-42(4,5)6/h10,14-16,29-31,34-37,47H,9,11-13,17-28H2,1-8H3,(H,45,49)(H,46,50)/t30-,31+,34?,35-,36?,37?,43+,44-/m1/s1. The molecule has 1 aromatic rings. The van der Waals surface area contributed by atoms with E-state index >= 15 is 0 Å². The van der Waals surface area contributed by atoms with Gasteiger partial charge in [0.05, 0.1) is 4.92 Å². The summed E-state index contributed by atoms with van der Waals surface area (Å²) in [7, 11) is -4.20. The number of amides is 2. The Morgan fingerprint density at radius 3 is 2.41 bits per heavy atom. The first-order chi connectivity index (χ1) is 26.3. The number of carbonyl (C=O) groups excluding carboxylic acids is 2. The minimum Gasteiger partial charge on any atom is -0.444 e. The smallest absolute Gasteiger partial charge is 0.407 e. The number of sulfonamides is 1. The number of nitrogens with one attached hydrogen (secondary N) is 3. The molecule has 0 heterocycles. The number of allylic oxidation sites excluding steroid dienone is 2. The Bertz CT molecular complexity index is 1720. The first kappa shape index (κ1) is 44.1. The quantitative estimate of drug-likeness (QED) is 0.0651. The van der Waals surface area contributed by atoms with E-state index < -0.39 is 26.6 Å². The highest BCUT2D eigenvalue weighted by Gasteiger charge is 2.59. The molecule has 0 aromatic heterocycles. The number of para-hydroxylation sites is 1. The van der Waals surface area contributed by atoms with Crippen molar-refractivity contribution in [3.8, 4) is 0 Å². The van der Waals surface area contributed by atoms with Crippen LogP contribution in [-0.2, 0) is 19.6 Å². The number of ether oxygens (including phenoxy) is 1. The van der Waals surface area contributed by atoms with Crippen molar-refractivity contribution in [3.05, 3.63) is 45.5 Å². The number of carbonyl (C=O) groups is 2. The highest BCUT2D eigenvalue weighted by Crippen LogP contribution is 2.68. The summed E-state index contributed by atoms with van der Waals surface area (Å²) in [5.74, 6) is 3.99. The SMILES string of the molecule is CC(C)CCC[C@@H](C)[C@H]1CCC2C3CC=C4C[C@@H](c5cccc(S(=O)(=O)NCCCNC(=O)CCNC(=O)OC(C)(C)C)c5[N+](=O)[O-])CC[C@]4(C)C3CC[C@@]21C. The molecule has 0 radical (unpaired) electrons. The van der Waals surface area contributed by atoms with Crippen molar-refractivity contribution in [2.24, 2.45) is 46.3 Å². The van der Waals surface area contributed by atoms with Gasteiger partial charge in [0.1, 0.15) is 5.60 Å². The van der Waals surface area contributed by atoms with Crippen molar-refractivity contribution in [1.82, 2.24) is 15.4 Å². The van der Waals surface area contributed by atoms with E-state index in [0.717, 1.165) is 49.4 Å². The van der Waals surface area contributed by atoms with Crippen LogP contribution in [0.4, 0.5) is 10.5 Å². The molecule has 4 aliphatic rings. The molecule has 56 heavy (non-hydrogen) atoms. The summed E-state index contributed by atoms with van der Waals surface area (Å²) in [6, 6.07) is 4.70. The molecule has 0 spiro atoms. The largest absolute Gasteiger partial charge is 0.444 e. The van der Waals surface area contributed by atoms with E-state index in [9.17, 15) is 28.1 Å². The Balaban J connectivity index is 1.19. The molecule has 5 rings (SSSR count). The topological polar surface area (TPSA) is 157 Å². The first-order valence-corrected chi connectivity index (χ1v) is 22.9. The average Bonchev–Trinajstić information content (AvgIpc) is 3.47. The van der Waals surface area contributed by atoms with Gasteiger partial charge in [-0.3, -0.25) is 14.9 Å². The molecule has 0 bridgehead atoms. The Morgan fingerprint density at radius 1 is 0.964 bits per heavy atom. The van der Waals surface area contributed by atoms with Crippen LogP contribution in [0.2, 0.25) is 0 Å². The fraction of sp³-hybridized carbons (Fsp3) is 0.773. The summed E-state index contributed by atoms with van der Waals surface area (Å²) in [5.41, 5.74) is 1.43. The van der Waals surface area contributed by atoms with Crippen LogP contribution in [0.5, 0.6) is 0 Å². The van der Waals surface area contributed by atoms with Gasteiger partial charge in [-0.1, -0.05) is 77.7 Å². The normalized spacial score (nSPS) is 29.4. The number of hydrogen-bond donors (Lipinski definition) is 3. The van der Waals surface area contributed by atoms with E-state index in [-0.39, 0.29) is 60.3 Å². The van der Waals surface area contributed by atoms with E-state index in [2.05, 4.69) is 56.1 Å². The van der Waals surface area contributed by atoms with Crippen molar-refractivity contribution in [3.63, 3.8) is 0 Å². The fourth-order valence-electron chi connectivity index (χ4n) is 11.5. The Kier molecular flexibility index (Phi) is 14.1. The number of benzene rings is 1.